The highest BCUT2D eigenvalue weighted by molar-refractivity contribution is 5.71. The summed E-state index contributed by atoms with van der Waals surface area (Å²) in [5.74, 6) is 0. The molecule has 0 N–H and O–H groups in total. The highest BCUT2D eigenvalue weighted by atomic mass is 15.2. The number of hydrogen-bond acceptors (Lipinski definition) is 2. The zero-order chi connectivity index (χ0) is 22.2. The number of hydrogen-bond donors (Lipinski definition) is 0. The molecule has 0 bridgehead atoms. The lowest BCUT2D eigenvalue weighted by atomic mass is 9.80. The molecule has 0 amide bonds. The van der Waals surface area contributed by atoms with Crippen molar-refractivity contribution in [2.75, 3.05) is 22.9 Å². The first kappa shape index (κ1) is 21.7. The molecule has 1 atom stereocenters. The second kappa shape index (κ2) is 8.22. The number of anilines is 2. The average Bonchev–Trinajstić information content (AvgIpc) is 3.10. The Morgan fingerprint density at radius 1 is 0.806 bits per heavy atom. The topological polar surface area (TPSA) is 6.48 Å². The minimum Gasteiger partial charge on any atom is -0.364 e. The van der Waals surface area contributed by atoms with E-state index in [4.69, 9.17) is 0 Å². The lowest BCUT2D eigenvalue weighted by Gasteiger charge is -2.32. The first-order valence-electron chi connectivity index (χ1n) is 12.0. The lowest BCUT2D eigenvalue weighted by molar-refractivity contribution is 0.474. The molecule has 0 saturated heterocycles. The monoisotopic (exact) mass is 414 g/mol. The van der Waals surface area contributed by atoms with E-state index in [0.717, 1.165) is 25.9 Å². The summed E-state index contributed by atoms with van der Waals surface area (Å²) < 4.78 is 0. The average molecular weight is 415 g/mol. The van der Waals surface area contributed by atoms with Crippen LogP contribution in [0.5, 0.6) is 0 Å². The molecule has 2 nitrogen and oxygen atoms in total. The highest BCUT2D eigenvalue weighted by Crippen LogP contribution is 2.48. The Labute approximate surface area is 189 Å². The molecule has 0 aromatic heterocycles. The van der Waals surface area contributed by atoms with Crippen molar-refractivity contribution in [2.24, 2.45) is 0 Å². The first-order valence-corrected chi connectivity index (χ1v) is 12.0. The van der Waals surface area contributed by atoms with Crippen LogP contribution in [0.3, 0.4) is 0 Å². The van der Waals surface area contributed by atoms with Crippen molar-refractivity contribution < 1.29 is 0 Å². The number of allylic oxidation sites excluding steroid dienone is 3. The van der Waals surface area contributed by atoms with Crippen LogP contribution < -0.4 is 9.80 Å². The third-order valence-electron chi connectivity index (χ3n) is 7.24. The van der Waals surface area contributed by atoms with E-state index >= 15 is 0 Å². The predicted molar refractivity (Wildman–Crippen MR) is 135 cm³/mol. The molecule has 1 unspecified atom stereocenters. The van der Waals surface area contributed by atoms with E-state index in [1.165, 1.54) is 28.2 Å². The van der Waals surface area contributed by atoms with Crippen molar-refractivity contribution >= 4 is 11.4 Å². The molecule has 2 heteroatoms. The first-order chi connectivity index (χ1) is 14.8. The molecule has 0 aliphatic carbocycles. The smallest absolute Gasteiger partial charge is 0.0568 e. The normalized spacial score (nSPS) is 22.4. The van der Waals surface area contributed by atoms with Gasteiger partial charge < -0.3 is 9.80 Å². The summed E-state index contributed by atoms with van der Waals surface area (Å²) >= 11 is 0. The molecule has 0 saturated carbocycles. The zero-order valence-electron chi connectivity index (χ0n) is 20.2. The molecule has 0 radical (unpaired) electrons. The van der Waals surface area contributed by atoms with Crippen molar-refractivity contribution in [1.29, 1.82) is 0 Å². The largest absolute Gasteiger partial charge is 0.364 e. The molecule has 164 valence electrons. The summed E-state index contributed by atoms with van der Waals surface area (Å²) in [5, 5.41) is 0. The zero-order valence-corrected chi connectivity index (χ0v) is 20.2. The molecular formula is C29H38N2. The van der Waals surface area contributed by atoms with Gasteiger partial charge in [-0.1, -0.05) is 90.1 Å². The third kappa shape index (κ3) is 3.50. The maximum absolute atomic E-state index is 2.60. The minimum atomic E-state index is 0.0212. The van der Waals surface area contributed by atoms with Gasteiger partial charge in [-0.2, -0.15) is 0 Å². The van der Waals surface area contributed by atoms with Gasteiger partial charge in [-0.15, -0.1) is 0 Å². The van der Waals surface area contributed by atoms with Gasteiger partial charge in [-0.05, 0) is 42.2 Å². The molecule has 31 heavy (non-hydrogen) atoms. The molecule has 0 fully saturated rings. The van der Waals surface area contributed by atoms with Gasteiger partial charge in [0, 0.05) is 41.0 Å². The van der Waals surface area contributed by atoms with Crippen molar-refractivity contribution in [3.63, 3.8) is 0 Å². The Morgan fingerprint density at radius 2 is 1.42 bits per heavy atom. The number of rotatable bonds is 6. The van der Waals surface area contributed by atoms with Crippen molar-refractivity contribution in [3.8, 4) is 0 Å². The number of nitrogens with zero attached hydrogens (tertiary/aromatic N) is 2. The fourth-order valence-corrected chi connectivity index (χ4v) is 5.67. The van der Waals surface area contributed by atoms with Gasteiger partial charge in [0.2, 0.25) is 0 Å². The Balaban J connectivity index is 1.69. The van der Waals surface area contributed by atoms with Crippen LogP contribution in [0.2, 0.25) is 0 Å². The second-order valence-electron chi connectivity index (χ2n) is 10.1. The second-order valence-corrected chi connectivity index (χ2v) is 10.1. The van der Waals surface area contributed by atoms with Gasteiger partial charge >= 0.3 is 0 Å². The maximum atomic E-state index is 2.60. The van der Waals surface area contributed by atoms with Gasteiger partial charge in [-0.3, -0.25) is 0 Å². The molecule has 2 aliphatic heterocycles. The van der Waals surface area contributed by atoms with Crippen LogP contribution >= 0.6 is 0 Å². The van der Waals surface area contributed by atoms with Gasteiger partial charge in [0.05, 0.1) is 6.04 Å². The molecule has 2 heterocycles. The van der Waals surface area contributed by atoms with Gasteiger partial charge in [0.15, 0.2) is 0 Å². The van der Waals surface area contributed by atoms with Crippen LogP contribution in [0.25, 0.3) is 0 Å². The summed E-state index contributed by atoms with van der Waals surface area (Å²) in [6.07, 6.45) is 9.43. The Bertz CT molecular complexity index is 995. The van der Waals surface area contributed by atoms with Crippen molar-refractivity contribution in [2.45, 2.75) is 71.3 Å². The Morgan fingerprint density at radius 3 is 2.10 bits per heavy atom. The van der Waals surface area contributed by atoms with Gasteiger partial charge in [0.25, 0.3) is 0 Å². The number of fused-ring (bicyclic) bond motifs is 2. The quantitative estimate of drug-likeness (QED) is 0.493. The molecule has 4 rings (SSSR count). The Kier molecular flexibility index (Phi) is 5.77. The SMILES string of the molecule is CCCN1/C(=C/C=C/C2N(CCC)c3ccccc3C2(C)C)C(C)(C)c2ccccc21. The van der Waals surface area contributed by atoms with Crippen LogP contribution in [-0.4, -0.2) is 19.1 Å². The van der Waals surface area contributed by atoms with E-state index in [9.17, 15) is 0 Å². The molecular weight excluding hydrogens is 376 g/mol. The molecule has 0 spiro atoms. The highest BCUT2D eigenvalue weighted by Gasteiger charge is 2.43. The van der Waals surface area contributed by atoms with E-state index < -0.39 is 0 Å². The van der Waals surface area contributed by atoms with Crippen LogP contribution in [0, 0.1) is 0 Å². The van der Waals surface area contributed by atoms with Crippen LogP contribution in [0.1, 0.15) is 65.5 Å². The fourth-order valence-electron chi connectivity index (χ4n) is 5.67. The summed E-state index contributed by atoms with van der Waals surface area (Å²) in [4.78, 5) is 5.13. The van der Waals surface area contributed by atoms with Crippen LogP contribution in [-0.2, 0) is 10.8 Å². The lowest BCUT2D eigenvalue weighted by Crippen LogP contribution is -2.40. The van der Waals surface area contributed by atoms with E-state index in [0.29, 0.717) is 6.04 Å². The molecule has 2 aromatic rings. The summed E-state index contributed by atoms with van der Waals surface area (Å²) in [6.45, 7) is 16.2. The molecule has 2 aliphatic rings. The number of para-hydroxylation sites is 2. The standard InChI is InChI=1S/C29H38N2/c1-7-20-30-24-16-11-9-14-22(24)28(3,4)26(30)18-13-19-27-29(5,6)23-15-10-12-17-25(23)31(27)21-8-2/h9-19,26H,7-8,20-21H2,1-6H3/b18-13+,27-19+. The van der Waals surface area contributed by atoms with Crippen LogP contribution in [0.4, 0.5) is 11.4 Å². The van der Waals surface area contributed by atoms with E-state index in [1.807, 2.05) is 0 Å². The Hall–Kier alpha value is -2.48. The molecule has 2 aromatic carbocycles. The van der Waals surface area contributed by atoms with Crippen molar-refractivity contribution in [1.82, 2.24) is 0 Å². The van der Waals surface area contributed by atoms with E-state index in [1.54, 1.807) is 0 Å². The van der Waals surface area contributed by atoms with E-state index in [-0.39, 0.29) is 10.8 Å². The van der Waals surface area contributed by atoms with Gasteiger partial charge in [-0.25, -0.2) is 0 Å². The summed E-state index contributed by atoms with van der Waals surface area (Å²) in [7, 11) is 0. The van der Waals surface area contributed by atoms with Crippen molar-refractivity contribution in [3.05, 3.63) is 83.6 Å². The van der Waals surface area contributed by atoms with Crippen LogP contribution in [0.15, 0.2) is 72.5 Å². The predicted octanol–water partition coefficient (Wildman–Crippen LogP) is 7.21. The van der Waals surface area contributed by atoms with E-state index in [2.05, 4.69) is 118 Å². The van der Waals surface area contributed by atoms with Gasteiger partial charge in [0.1, 0.15) is 0 Å². The summed E-state index contributed by atoms with van der Waals surface area (Å²) in [5.41, 5.74) is 7.19. The maximum Gasteiger partial charge on any atom is 0.0568 e. The summed E-state index contributed by atoms with van der Waals surface area (Å²) in [6, 6.07) is 18.2. The fraction of sp³-hybridized carbons (Fsp3) is 0.448. The minimum absolute atomic E-state index is 0.0212. The third-order valence-corrected chi connectivity index (χ3v) is 7.24. The number of benzene rings is 2.